The smallest absolute Gasteiger partial charge is 0.256 e. The van der Waals surface area contributed by atoms with Gasteiger partial charge < -0.3 is 20.7 Å². The van der Waals surface area contributed by atoms with Gasteiger partial charge in [0.05, 0.1) is 11.7 Å². The van der Waals surface area contributed by atoms with Crippen molar-refractivity contribution in [2.24, 2.45) is 5.73 Å². The fourth-order valence-electron chi connectivity index (χ4n) is 2.02. The van der Waals surface area contributed by atoms with Crippen LogP contribution in [0.5, 0.6) is 0 Å². The van der Waals surface area contributed by atoms with Gasteiger partial charge in [-0.3, -0.25) is 14.4 Å². The van der Waals surface area contributed by atoms with Crippen LogP contribution in [-0.4, -0.2) is 45.5 Å². The quantitative estimate of drug-likeness (QED) is 0.589. The van der Waals surface area contributed by atoms with Crippen molar-refractivity contribution in [1.82, 2.24) is 9.88 Å². The van der Waals surface area contributed by atoms with Crippen LogP contribution in [0.4, 0.5) is 0 Å². The molecule has 0 radical (unpaired) electrons. The number of β-amino-alcohol motifs (C(OH)–C–C–N with tert-alkyl or cyclic N) is 1. The van der Waals surface area contributed by atoms with Crippen LogP contribution in [0.25, 0.3) is 0 Å². The third kappa shape index (κ3) is 2.25. The molecule has 2 rings (SSSR count). The Morgan fingerprint density at radius 1 is 1.44 bits per heavy atom. The molecule has 1 aliphatic heterocycles. The number of H-pyrrole nitrogens is 1. The number of amides is 2. The maximum Gasteiger partial charge on any atom is 0.256 e. The zero-order chi connectivity index (χ0) is 13.3. The van der Waals surface area contributed by atoms with Gasteiger partial charge in [0.2, 0.25) is 11.5 Å². The Kier molecular flexibility index (Phi) is 3.15. The van der Waals surface area contributed by atoms with Gasteiger partial charge >= 0.3 is 0 Å². The monoisotopic (exact) mass is 251 g/mol. The molecule has 0 aromatic carbocycles. The number of aliphatic hydroxyl groups is 1. The number of aromatic nitrogens is 1. The average molecular weight is 251 g/mol. The van der Waals surface area contributed by atoms with E-state index in [1.165, 1.54) is 23.2 Å². The van der Waals surface area contributed by atoms with Crippen LogP contribution in [-0.2, 0) is 4.79 Å². The Morgan fingerprint density at radius 2 is 2.17 bits per heavy atom. The van der Waals surface area contributed by atoms with Gasteiger partial charge in [-0.1, -0.05) is 0 Å². The van der Waals surface area contributed by atoms with Crippen LogP contribution < -0.4 is 11.3 Å². The molecule has 2 atom stereocenters. The molecule has 18 heavy (non-hydrogen) atoms. The summed E-state index contributed by atoms with van der Waals surface area (Å²) >= 11 is 0. The minimum absolute atomic E-state index is 0.0611. The third-order valence-corrected chi connectivity index (χ3v) is 2.90. The average Bonchev–Trinajstić information content (AvgIpc) is 2.71. The summed E-state index contributed by atoms with van der Waals surface area (Å²) in [6.07, 6.45) is 0.659. The normalized spacial score (nSPS) is 23.1. The molecule has 2 heterocycles. The van der Waals surface area contributed by atoms with Crippen LogP contribution in [0, 0.1) is 0 Å². The number of carbonyl (C=O) groups excluding carboxylic acids is 2. The van der Waals surface area contributed by atoms with Crippen molar-refractivity contribution in [1.29, 1.82) is 0 Å². The maximum absolute atomic E-state index is 12.1. The van der Waals surface area contributed by atoms with E-state index in [1.54, 1.807) is 0 Å². The number of pyridine rings is 1. The highest BCUT2D eigenvalue weighted by Crippen LogP contribution is 2.19. The first kappa shape index (κ1) is 12.3. The molecule has 1 fully saturated rings. The summed E-state index contributed by atoms with van der Waals surface area (Å²) in [5.74, 6) is -1.09. The summed E-state index contributed by atoms with van der Waals surface area (Å²) in [4.78, 5) is 37.8. The Labute approximate surface area is 102 Å². The van der Waals surface area contributed by atoms with E-state index in [0.29, 0.717) is 0 Å². The highest BCUT2D eigenvalue weighted by atomic mass is 16.3. The van der Waals surface area contributed by atoms with Crippen molar-refractivity contribution >= 4 is 11.8 Å². The summed E-state index contributed by atoms with van der Waals surface area (Å²) in [6.45, 7) is 0.0611. The van der Waals surface area contributed by atoms with Crippen LogP contribution >= 0.6 is 0 Å². The molecule has 7 nitrogen and oxygen atoms in total. The van der Waals surface area contributed by atoms with Gasteiger partial charge in [0, 0.05) is 25.2 Å². The summed E-state index contributed by atoms with van der Waals surface area (Å²) in [5.41, 5.74) is 5.11. The van der Waals surface area contributed by atoms with E-state index in [1.807, 2.05) is 0 Å². The standard InChI is InChI=1S/C11H13N3O4/c12-10(17)8-3-7(15)5-14(8)11(18)6-1-2-9(16)13-4-6/h1-2,4,7-8,15H,3,5H2,(H2,12,17)(H,13,16). The number of hydrogen-bond acceptors (Lipinski definition) is 4. The van der Waals surface area contributed by atoms with Crippen LogP contribution in [0.2, 0.25) is 0 Å². The van der Waals surface area contributed by atoms with E-state index >= 15 is 0 Å². The van der Waals surface area contributed by atoms with Crippen molar-refractivity contribution in [2.75, 3.05) is 6.54 Å². The van der Waals surface area contributed by atoms with E-state index in [4.69, 9.17) is 5.73 Å². The Morgan fingerprint density at radius 3 is 2.72 bits per heavy atom. The lowest BCUT2D eigenvalue weighted by atomic mass is 10.2. The highest BCUT2D eigenvalue weighted by Gasteiger charge is 2.38. The molecular formula is C11H13N3O4. The first-order valence-electron chi connectivity index (χ1n) is 5.46. The van der Waals surface area contributed by atoms with Gasteiger partial charge in [-0.25, -0.2) is 0 Å². The number of aliphatic hydroxyl groups excluding tert-OH is 1. The van der Waals surface area contributed by atoms with E-state index in [-0.39, 0.29) is 24.1 Å². The molecule has 2 amide bonds. The second-order valence-corrected chi connectivity index (χ2v) is 4.21. The summed E-state index contributed by atoms with van der Waals surface area (Å²) in [7, 11) is 0. The van der Waals surface area contributed by atoms with Gasteiger partial charge in [0.25, 0.3) is 5.91 Å². The van der Waals surface area contributed by atoms with E-state index < -0.39 is 24.0 Å². The number of likely N-dealkylation sites (tertiary alicyclic amines) is 1. The number of rotatable bonds is 2. The number of nitrogens with zero attached hydrogens (tertiary/aromatic N) is 1. The molecule has 1 aliphatic rings. The largest absolute Gasteiger partial charge is 0.391 e. The molecule has 2 unspecified atom stereocenters. The molecule has 0 spiro atoms. The Balaban J connectivity index is 2.25. The molecule has 1 aromatic heterocycles. The number of nitrogens with two attached hydrogens (primary N) is 1. The second kappa shape index (κ2) is 4.61. The van der Waals surface area contributed by atoms with Crippen molar-refractivity contribution in [3.8, 4) is 0 Å². The molecule has 0 saturated carbocycles. The first-order valence-corrected chi connectivity index (χ1v) is 5.46. The number of aromatic amines is 1. The first-order chi connectivity index (χ1) is 8.49. The lowest BCUT2D eigenvalue weighted by molar-refractivity contribution is -0.121. The lowest BCUT2D eigenvalue weighted by Crippen LogP contribution is -2.43. The second-order valence-electron chi connectivity index (χ2n) is 4.21. The van der Waals surface area contributed by atoms with Gasteiger partial charge in [-0.2, -0.15) is 0 Å². The van der Waals surface area contributed by atoms with E-state index in [0.717, 1.165) is 0 Å². The van der Waals surface area contributed by atoms with Crippen molar-refractivity contribution in [3.63, 3.8) is 0 Å². The SMILES string of the molecule is NC(=O)C1CC(O)CN1C(=O)c1ccc(=O)[nH]c1. The predicted molar refractivity (Wildman–Crippen MR) is 61.7 cm³/mol. The van der Waals surface area contributed by atoms with E-state index in [9.17, 15) is 19.5 Å². The van der Waals surface area contributed by atoms with Crippen LogP contribution in [0.3, 0.4) is 0 Å². The number of nitrogens with one attached hydrogen (secondary N) is 1. The van der Waals surface area contributed by atoms with Gasteiger partial charge in [0.1, 0.15) is 6.04 Å². The van der Waals surface area contributed by atoms with Gasteiger partial charge in [-0.15, -0.1) is 0 Å². The molecular weight excluding hydrogens is 238 g/mol. The summed E-state index contributed by atoms with van der Waals surface area (Å²) in [5, 5.41) is 9.50. The maximum atomic E-state index is 12.1. The Bertz CT molecular complexity index is 519. The van der Waals surface area contributed by atoms with Crippen LogP contribution in [0.1, 0.15) is 16.8 Å². The van der Waals surface area contributed by atoms with Gasteiger partial charge in [-0.05, 0) is 6.07 Å². The molecule has 0 aliphatic carbocycles. The van der Waals surface area contributed by atoms with E-state index in [2.05, 4.69) is 4.98 Å². The molecule has 96 valence electrons. The third-order valence-electron chi connectivity index (χ3n) is 2.90. The topological polar surface area (TPSA) is 116 Å². The van der Waals surface area contributed by atoms with Crippen LogP contribution in [0.15, 0.2) is 23.1 Å². The zero-order valence-corrected chi connectivity index (χ0v) is 9.50. The molecule has 0 bridgehead atoms. The van der Waals surface area contributed by atoms with Crippen molar-refractivity contribution in [3.05, 3.63) is 34.2 Å². The van der Waals surface area contributed by atoms with Gasteiger partial charge in [0.15, 0.2) is 0 Å². The number of hydrogen-bond donors (Lipinski definition) is 3. The predicted octanol–water partition coefficient (Wildman–Crippen LogP) is -1.56. The molecule has 4 N–H and O–H groups in total. The minimum Gasteiger partial charge on any atom is -0.391 e. The lowest BCUT2D eigenvalue weighted by Gasteiger charge is -2.21. The molecule has 1 saturated heterocycles. The summed E-state index contributed by atoms with van der Waals surface area (Å²) in [6, 6.07) is 1.78. The van der Waals surface area contributed by atoms with Crippen molar-refractivity contribution < 1.29 is 14.7 Å². The molecule has 7 heteroatoms. The fourth-order valence-corrected chi connectivity index (χ4v) is 2.02. The highest BCUT2D eigenvalue weighted by molar-refractivity contribution is 5.97. The Hall–Kier alpha value is -2.15. The zero-order valence-electron chi connectivity index (χ0n) is 9.50. The number of primary amides is 1. The number of carbonyl (C=O) groups is 2. The fraction of sp³-hybridized carbons (Fsp3) is 0.364. The summed E-state index contributed by atoms with van der Waals surface area (Å²) < 4.78 is 0. The minimum atomic E-state index is -0.806. The molecule has 1 aromatic rings. The van der Waals surface area contributed by atoms with Crippen molar-refractivity contribution in [2.45, 2.75) is 18.6 Å².